The summed E-state index contributed by atoms with van der Waals surface area (Å²) in [4.78, 5) is 22.5. The quantitative estimate of drug-likeness (QED) is 0.297. The van der Waals surface area contributed by atoms with Gasteiger partial charge in [0, 0.05) is 6.42 Å². The molecule has 100 valence electrons. The molecule has 4 atom stereocenters. The Labute approximate surface area is 98.3 Å². The van der Waals surface area contributed by atoms with Crippen LogP contribution in [0.15, 0.2) is 0 Å². The monoisotopic (exact) mass is 250 g/mol. The molecule has 7 nitrogen and oxygen atoms in total. The second-order valence-corrected chi connectivity index (χ2v) is 3.71. The van der Waals surface area contributed by atoms with E-state index in [-0.39, 0.29) is 6.42 Å². The van der Waals surface area contributed by atoms with E-state index in [0.717, 1.165) is 0 Å². The van der Waals surface area contributed by atoms with E-state index in [9.17, 15) is 24.9 Å². The van der Waals surface area contributed by atoms with Crippen molar-refractivity contribution >= 4 is 11.6 Å². The first-order valence-electron chi connectivity index (χ1n) is 5.26. The van der Waals surface area contributed by atoms with Gasteiger partial charge in [-0.15, -0.1) is 0 Å². The van der Waals surface area contributed by atoms with Crippen molar-refractivity contribution in [1.82, 2.24) is 0 Å². The molecule has 5 N–H and O–H groups in total. The molecule has 0 aromatic heterocycles. The smallest absolute Gasteiger partial charge is 0.199 e. The third-order valence-electron chi connectivity index (χ3n) is 2.27. The van der Waals surface area contributed by atoms with E-state index in [1.165, 1.54) is 0 Å². The van der Waals surface area contributed by atoms with Crippen LogP contribution in [0, 0.1) is 0 Å². The molecule has 0 aliphatic carbocycles. The lowest BCUT2D eigenvalue weighted by molar-refractivity contribution is -0.153. The SMILES string of the molecule is CCCC(=O)C(O)C(=O)[C@@H](O)[C@H](O)[C@H](O)CO. The van der Waals surface area contributed by atoms with Crippen LogP contribution in [0.25, 0.3) is 0 Å². The number of Topliss-reactive ketones (excluding diaryl/α,β-unsaturated/α-hetero) is 2. The maximum atomic E-state index is 11.3. The zero-order valence-corrected chi connectivity index (χ0v) is 9.48. The average Bonchev–Trinajstić information content (AvgIpc) is 2.34. The molecular formula is C10H18O7. The van der Waals surface area contributed by atoms with Crippen LogP contribution in [-0.4, -0.2) is 68.1 Å². The van der Waals surface area contributed by atoms with Gasteiger partial charge in [-0.05, 0) is 6.42 Å². The highest BCUT2D eigenvalue weighted by Crippen LogP contribution is 2.06. The highest BCUT2D eigenvalue weighted by atomic mass is 16.4. The van der Waals surface area contributed by atoms with Crippen LogP contribution in [0.5, 0.6) is 0 Å². The highest BCUT2D eigenvalue weighted by molar-refractivity contribution is 6.06. The zero-order chi connectivity index (χ0) is 13.6. The van der Waals surface area contributed by atoms with Crippen molar-refractivity contribution in [3.8, 4) is 0 Å². The Kier molecular flexibility index (Phi) is 7.09. The van der Waals surface area contributed by atoms with Crippen molar-refractivity contribution in [3.05, 3.63) is 0 Å². The molecule has 0 fully saturated rings. The fourth-order valence-electron chi connectivity index (χ4n) is 1.19. The van der Waals surface area contributed by atoms with Gasteiger partial charge in [-0.2, -0.15) is 0 Å². The Morgan fingerprint density at radius 3 is 2.06 bits per heavy atom. The Morgan fingerprint density at radius 2 is 1.65 bits per heavy atom. The molecular weight excluding hydrogens is 232 g/mol. The average molecular weight is 250 g/mol. The number of aliphatic hydroxyl groups is 5. The van der Waals surface area contributed by atoms with Crippen molar-refractivity contribution in [2.45, 2.75) is 44.2 Å². The maximum Gasteiger partial charge on any atom is 0.199 e. The fraction of sp³-hybridized carbons (Fsp3) is 0.800. The normalized spacial score (nSPS) is 18.2. The van der Waals surface area contributed by atoms with E-state index in [2.05, 4.69) is 0 Å². The summed E-state index contributed by atoms with van der Waals surface area (Å²) in [5, 5.41) is 45.3. The van der Waals surface area contributed by atoms with Crippen molar-refractivity contribution < 1.29 is 35.1 Å². The van der Waals surface area contributed by atoms with Gasteiger partial charge < -0.3 is 25.5 Å². The number of carbonyl (C=O) groups excluding carboxylic acids is 2. The molecule has 0 aliphatic rings. The molecule has 17 heavy (non-hydrogen) atoms. The summed E-state index contributed by atoms with van der Waals surface area (Å²) >= 11 is 0. The van der Waals surface area contributed by atoms with Crippen molar-refractivity contribution in [1.29, 1.82) is 0 Å². The Bertz CT molecular complexity index is 265. The first kappa shape index (κ1) is 16.1. The predicted octanol–water partition coefficient (Wildman–Crippen LogP) is -2.64. The van der Waals surface area contributed by atoms with E-state index in [4.69, 9.17) is 10.2 Å². The molecule has 0 saturated carbocycles. The van der Waals surface area contributed by atoms with Crippen molar-refractivity contribution in [2.24, 2.45) is 0 Å². The lowest BCUT2D eigenvalue weighted by Crippen LogP contribution is -2.49. The highest BCUT2D eigenvalue weighted by Gasteiger charge is 2.35. The summed E-state index contributed by atoms with van der Waals surface area (Å²) < 4.78 is 0. The molecule has 0 aliphatic heterocycles. The van der Waals surface area contributed by atoms with Crippen LogP contribution in [0.1, 0.15) is 19.8 Å². The van der Waals surface area contributed by atoms with Crippen LogP contribution < -0.4 is 0 Å². The number of aliphatic hydroxyl groups excluding tert-OH is 5. The molecule has 0 heterocycles. The molecule has 0 saturated heterocycles. The van der Waals surface area contributed by atoms with E-state index >= 15 is 0 Å². The van der Waals surface area contributed by atoms with Gasteiger partial charge in [-0.25, -0.2) is 0 Å². The fourth-order valence-corrected chi connectivity index (χ4v) is 1.19. The van der Waals surface area contributed by atoms with E-state index in [0.29, 0.717) is 6.42 Å². The van der Waals surface area contributed by atoms with E-state index in [1.807, 2.05) is 0 Å². The van der Waals surface area contributed by atoms with Crippen molar-refractivity contribution in [3.63, 3.8) is 0 Å². The second-order valence-electron chi connectivity index (χ2n) is 3.71. The number of hydrogen-bond donors (Lipinski definition) is 5. The molecule has 0 amide bonds. The van der Waals surface area contributed by atoms with Crippen LogP contribution >= 0.6 is 0 Å². The third-order valence-corrected chi connectivity index (χ3v) is 2.27. The topological polar surface area (TPSA) is 135 Å². The standard InChI is InChI=1S/C10H18O7/c1-2-3-5(12)7(14)9(16)10(17)8(15)6(13)4-11/h6-8,10-11,13-15,17H,2-4H2,1H3/t6-,7?,8-,10+/m1/s1. The van der Waals surface area contributed by atoms with Crippen LogP contribution in [-0.2, 0) is 9.59 Å². The first-order chi connectivity index (χ1) is 7.86. The Morgan fingerprint density at radius 1 is 1.12 bits per heavy atom. The lowest BCUT2D eigenvalue weighted by Gasteiger charge is -2.21. The number of rotatable bonds is 8. The summed E-state index contributed by atoms with van der Waals surface area (Å²) in [5.41, 5.74) is 0. The first-order valence-corrected chi connectivity index (χ1v) is 5.26. The minimum absolute atomic E-state index is 0.0295. The molecule has 0 aromatic rings. The zero-order valence-electron chi connectivity index (χ0n) is 9.48. The van der Waals surface area contributed by atoms with E-state index < -0.39 is 42.6 Å². The molecule has 0 spiro atoms. The number of carbonyl (C=O) groups is 2. The van der Waals surface area contributed by atoms with Gasteiger partial charge in [0.25, 0.3) is 0 Å². The largest absolute Gasteiger partial charge is 0.394 e. The second kappa shape index (κ2) is 7.46. The molecule has 0 aromatic carbocycles. The summed E-state index contributed by atoms with van der Waals surface area (Å²) in [6.45, 7) is 0.820. The summed E-state index contributed by atoms with van der Waals surface area (Å²) in [5.74, 6) is -2.05. The predicted molar refractivity (Wildman–Crippen MR) is 56.0 cm³/mol. The van der Waals surface area contributed by atoms with E-state index in [1.54, 1.807) is 6.92 Å². The van der Waals surface area contributed by atoms with Crippen LogP contribution in [0.3, 0.4) is 0 Å². The number of hydrogen-bond acceptors (Lipinski definition) is 7. The van der Waals surface area contributed by atoms with Gasteiger partial charge in [-0.3, -0.25) is 9.59 Å². The molecule has 7 heteroatoms. The van der Waals surface area contributed by atoms with Gasteiger partial charge in [-0.1, -0.05) is 6.92 Å². The summed E-state index contributed by atoms with van der Waals surface area (Å²) in [7, 11) is 0. The molecule has 1 unspecified atom stereocenters. The van der Waals surface area contributed by atoms with Gasteiger partial charge in [0.15, 0.2) is 17.7 Å². The van der Waals surface area contributed by atoms with Crippen molar-refractivity contribution in [2.75, 3.05) is 6.61 Å². The minimum atomic E-state index is -2.12. The summed E-state index contributed by atoms with van der Waals surface area (Å²) in [6, 6.07) is 0. The van der Waals surface area contributed by atoms with Crippen LogP contribution in [0.2, 0.25) is 0 Å². The van der Waals surface area contributed by atoms with Gasteiger partial charge in [0.2, 0.25) is 0 Å². The molecule has 0 rings (SSSR count). The molecule has 0 bridgehead atoms. The minimum Gasteiger partial charge on any atom is -0.394 e. The Hall–Kier alpha value is -0.860. The summed E-state index contributed by atoms with van der Waals surface area (Å²) in [6.07, 6.45) is -7.41. The van der Waals surface area contributed by atoms with Gasteiger partial charge in [0.05, 0.1) is 6.61 Å². The molecule has 0 radical (unpaired) electrons. The Balaban J connectivity index is 4.53. The lowest BCUT2D eigenvalue weighted by atomic mass is 9.97. The van der Waals surface area contributed by atoms with Crippen LogP contribution in [0.4, 0.5) is 0 Å². The van der Waals surface area contributed by atoms with Gasteiger partial charge >= 0.3 is 0 Å². The number of ketones is 2. The third kappa shape index (κ3) is 4.49. The maximum absolute atomic E-state index is 11.3. The van der Waals surface area contributed by atoms with Gasteiger partial charge in [0.1, 0.15) is 18.3 Å².